The van der Waals surface area contributed by atoms with Crippen LogP contribution in [0, 0.1) is 0 Å². The zero-order chi connectivity index (χ0) is 14.7. The van der Waals surface area contributed by atoms with Gasteiger partial charge in [0, 0.05) is 0 Å². The van der Waals surface area contributed by atoms with E-state index < -0.39 is 0 Å². The quantitative estimate of drug-likeness (QED) is 0.912. The molecule has 1 fully saturated rings. The first kappa shape index (κ1) is 14.3. The number of anilines is 1. The van der Waals surface area contributed by atoms with Crippen molar-refractivity contribution in [3.63, 3.8) is 0 Å². The highest BCUT2D eigenvalue weighted by Crippen LogP contribution is 2.29. The maximum Gasteiger partial charge on any atom is 0.243 e. The Balaban J connectivity index is 1.73. The van der Waals surface area contributed by atoms with E-state index in [9.17, 15) is 4.79 Å². The fourth-order valence-corrected chi connectivity index (χ4v) is 3.38. The summed E-state index contributed by atoms with van der Waals surface area (Å²) in [4.78, 5) is 16.6. The number of benzene rings is 1. The Morgan fingerprint density at radius 1 is 1.52 bits per heavy atom. The number of carbonyl (C=O) groups is 1. The fraction of sp³-hybridized carbons (Fsp3) is 0.467. The summed E-state index contributed by atoms with van der Waals surface area (Å²) < 4.78 is 6.50. The van der Waals surface area contributed by atoms with Crippen molar-refractivity contribution in [3.8, 4) is 5.75 Å². The van der Waals surface area contributed by atoms with Gasteiger partial charge in [0.05, 0.1) is 22.9 Å². The maximum absolute atomic E-state index is 12.2. The van der Waals surface area contributed by atoms with Crippen LogP contribution in [0.3, 0.4) is 0 Å². The van der Waals surface area contributed by atoms with Crippen molar-refractivity contribution < 1.29 is 9.53 Å². The molecule has 1 aromatic carbocycles. The third-order valence-electron chi connectivity index (χ3n) is 3.53. The van der Waals surface area contributed by atoms with Crippen molar-refractivity contribution in [2.75, 3.05) is 18.5 Å². The van der Waals surface area contributed by atoms with Gasteiger partial charge in [0.2, 0.25) is 5.91 Å². The van der Waals surface area contributed by atoms with Crippen LogP contribution < -0.4 is 15.4 Å². The van der Waals surface area contributed by atoms with E-state index in [-0.39, 0.29) is 11.9 Å². The van der Waals surface area contributed by atoms with Crippen molar-refractivity contribution in [1.29, 1.82) is 0 Å². The number of thiazole rings is 1. The number of carbonyl (C=O) groups excluding carboxylic acids is 1. The lowest BCUT2D eigenvalue weighted by atomic mass is 10.0. The van der Waals surface area contributed by atoms with E-state index >= 15 is 0 Å². The molecule has 1 atom stereocenters. The van der Waals surface area contributed by atoms with Gasteiger partial charge >= 0.3 is 0 Å². The highest BCUT2D eigenvalue weighted by Gasteiger charge is 2.21. The van der Waals surface area contributed by atoms with E-state index in [1.807, 2.05) is 25.1 Å². The molecule has 6 heteroatoms. The molecule has 2 heterocycles. The van der Waals surface area contributed by atoms with E-state index in [2.05, 4.69) is 15.6 Å². The molecule has 5 nitrogen and oxygen atoms in total. The van der Waals surface area contributed by atoms with Crippen molar-refractivity contribution in [2.24, 2.45) is 0 Å². The molecule has 112 valence electrons. The minimum Gasteiger partial charge on any atom is -0.494 e. The van der Waals surface area contributed by atoms with Crippen molar-refractivity contribution in [1.82, 2.24) is 10.3 Å². The molecule has 0 spiro atoms. The molecule has 2 N–H and O–H groups in total. The molecule has 0 radical (unpaired) electrons. The molecule has 0 bridgehead atoms. The lowest BCUT2D eigenvalue weighted by molar-refractivity contribution is -0.118. The van der Waals surface area contributed by atoms with E-state index in [0.29, 0.717) is 11.7 Å². The van der Waals surface area contributed by atoms with Gasteiger partial charge in [-0.3, -0.25) is 4.79 Å². The van der Waals surface area contributed by atoms with Crippen LogP contribution in [-0.4, -0.2) is 30.1 Å². The third-order valence-corrected chi connectivity index (χ3v) is 4.46. The number of piperidine rings is 1. The first-order valence-corrected chi connectivity index (χ1v) is 8.15. The van der Waals surface area contributed by atoms with Crippen LogP contribution in [0.25, 0.3) is 10.2 Å². The highest BCUT2D eigenvalue weighted by molar-refractivity contribution is 7.22. The summed E-state index contributed by atoms with van der Waals surface area (Å²) >= 11 is 1.48. The molecular weight excluding hydrogens is 286 g/mol. The maximum atomic E-state index is 12.2. The SMILES string of the molecule is CCOc1ccc2nc(NC(=O)[C@@H]3CCCCN3)sc2c1. The first-order valence-electron chi connectivity index (χ1n) is 7.34. The standard InChI is InChI=1S/C15H19N3O2S/c1-2-20-10-6-7-11-13(9-10)21-15(17-11)18-14(19)12-5-3-4-8-16-12/h6-7,9,12,16H,2-5,8H2,1H3,(H,17,18,19)/t12-/m0/s1. The number of ether oxygens (including phenoxy) is 1. The van der Waals surface area contributed by atoms with Gasteiger partial charge in [0.1, 0.15) is 5.75 Å². The largest absolute Gasteiger partial charge is 0.494 e. The number of aromatic nitrogens is 1. The number of nitrogens with zero attached hydrogens (tertiary/aromatic N) is 1. The van der Waals surface area contributed by atoms with Crippen LogP contribution in [-0.2, 0) is 4.79 Å². The molecule has 1 aromatic heterocycles. The monoisotopic (exact) mass is 305 g/mol. The predicted molar refractivity (Wildman–Crippen MR) is 85.1 cm³/mol. The van der Waals surface area contributed by atoms with Gasteiger partial charge < -0.3 is 15.4 Å². The summed E-state index contributed by atoms with van der Waals surface area (Å²) in [5, 5.41) is 6.81. The van der Waals surface area contributed by atoms with E-state index in [1.54, 1.807) is 0 Å². The van der Waals surface area contributed by atoms with E-state index in [4.69, 9.17) is 4.74 Å². The molecule has 1 aliphatic heterocycles. The molecule has 0 saturated carbocycles. The Morgan fingerprint density at radius 2 is 2.43 bits per heavy atom. The molecule has 0 unspecified atom stereocenters. The minimum atomic E-state index is -0.0928. The smallest absolute Gasteiger partial charge is 0.243 e. The summed E-state index contributed by atoms with van der Waals surface area (Å²) in [6, 6.07) is 5.70. The summed E-state index contributed by atoms with van der Waals surface area (Å²) in [6.07, 6.45) is 3.14. The fourth-order valence-electron chi connectivity index (χ4n) is 2.48. The Bertz CT molecular complexity index is 635. The van der Waals surface area contributed by atoms with Gasteiger partial charge in [-0.25, -0.2) is 4.98 Å². The minimum absolute atomic E-state index is 0.0128. The molecule has 21 heavy (non-hydrogen) atoms. The molecule has 1 aliphatic rings. The number of amides is 1. The van der Waals surface area contributed by atoms with Gasteiger partial charge in [0.25, 0.3) is 0 Å². The second kappa shape index (κ2) is 6.41. The summed E-state index contributed by atoms with van der Waals surface area (Å²) in [7, 11) is 0. The molecule has 1 amide bonds. The van der Waals surface area contributed by atoms with Gasteiger partial charge in [-0.1, -0.05) is 17.8 Å². The highest BCUT2D eigenvalue weighted by atomic mass is 32.1. The average molecular weight is 305 g/mol. The van der Waals surface area contributed by atoms with Gasteiger partial charge in [-0.05, 0) is 44.5 Å². The van der Waals surface area contributed by atoms with Crippen LogP contribution in [0.2, 0.25) is 0 Å². The number of hydrogen-bond acceptors (Lipinski definition) is 5. The van der Waals surface area contributed by atoms with Crippen molar-refractivity contribution in [2.45, 2.75) is 32.2 Å². The second-order valence-corrected chi connectivity index (χ2v) is 6.10. The summed E-state index contributed by atoms with van der Waals surface area (Å²) in [5.41, 5.74) is 0.885. The number of nitrogens with one attached hydrogen (secondary N) is 2. The van der Waals surface area contributed by atoms with Gasteiger partial charge in [-0.15, -0.1) is 0 Å². The molecule has 2 aromatic rings. The molecule has 3 rings (SSSR count). The Kier molecular flexibility index (Phi) is 4.36. The first-order chi connectivity index (χ1) is 10.3. The topological polar surface area (TPSA) is 63.2 Å². The van der Waals surface area contributed by atoms with Crippen molar-refractivity contribution >= 4 is 32.6 Å². The van der Waals surface area contributed by atoms with Gasteiger partial charge in [0.15, 0.2) is 5.13 Å². The van der Waals surface area contributed by atoms with Crippen LogP contribution in [0.15, 0.2) is 18.2 Å². The van der Waals surface area contributed by atoms with E-state index in [1.165, 1.54) is 11.3 Å². The van der Waals surface area contributed by atoms with E-state index in [0.717, 1.165) is 41.8 Å². The van der Waals surface area contributed by atoms with Crippen LogP contribution in [0.1, 0.15) is 26.2 Å². The van der Waals surface area contributed by atoms with Crippen molar-refractivity contribution in [3.05, 3.63) is 18.2 Å². The summed E-state index contributed by atoms with van der Waals surface area (Å²) in [5.74, 6) is 0.847. The van der Waals surface area contributed by atoms with Crippen LogP contribution >= 0.6 is 11.3 Å². The van der Waals surface area contributed by atoms with Crippen LogP contribution in [0.5, 0.6) is 5.75 Å². The zero-order valence-electron chi connectivity index (χ0n) is 12.0. The molecule has 1 saturated heterocycles. The molecular formula is C15H19N3O2S. The van der Waals surface area contributed by atoms with Crippen LogP contribution in [0.4, 0.5) is 5.13 Å². The number of hydrogen-bond donors (Lipinski definition) is 2. The lowest BCUT2D eigenvalue weighted by Gasteiger charge is -2.21. The number of fused-ring (bicyclic) bond motifs is 1. The average Bonchev–Trinajstić information content (AvgIpc) is 2.90. The predicted octanol–water partition coefficient (Wildman–Crippen LogP) is 2.78. The second-order valence-electron chi connectivity index (χ2n) is 5.07. The van der Waals surface area contributed by atoms with Gasteiger partial charge in [-0.2, -0.15) is 0 Å². The third kappa shape index (κ3) is 3.33. The zero-order valence-corrected chi connectivity index (χ0v) is 12.8. The Morgan fingerprint density at radius 3 is 3.19 bits per heavy atom. The summed E-state index contributed by atoms with van der Waals surface area (Å²) in [6.45, 7) is 3.51. The number of rotatable bonds is 4. The Labute approximate surface area is 127 Å². The Hall–Kier alpha value is -1.66. The normalized spacial score (nSPS) is 18.6. The lowest BCUT2D eigenvalue weighted by Crippen LogP contribution is -2.43. The molecule has 0 aliphatic carbocycles.